The van der Waals surface area contributed by atoms with Crippen molar-refractivity contribution in [2.24, 2.45) is 5.92 Å². The van der Waals surface area contributed by atoms with E-state index in [-0.39, 0.29) is 10.6 Å². The number of nitro benzene ring substituents is 1. The van der Waals surface area contributed by atoms with Crippen LogP contribution in [-0.4, -0.2) is 11.5 Å². The van der Waals surface area contributed by atoms with Gasteiger partial charge in [-0.3, -0.25) is 10.1 Å². The zero-order valence-corrected chi connectivity index (χ0v) is 13.1. The second kappa shape index (κ2) is 8.27. The second-order valence-corrected chi connectivity index (χ2v) is 6.01. The lowest BCUT2D eigenvalue weighted by atomic mass is 10.1. The summed E-state index contributed by atoms with van der Waals surface area (Å²) in [5.74, 6) is 0.743. The van der Waals surface area contributed by atoms with Gasteiger partial charge in [0.15, 0.2) is 0 Å². The molecule has 0 radical (unpaired) electrons. The molecule has 5 heteroatoms. The fraction of sp³-hybridized carbons (Fsp3) is 0.571. The minimum Gasteiger partial charge on any atom is -0.312 e. The molecule has 0 spiro atoms. The minimum atomic E-state index is -0.333. The summed E-state index contributed by atoms with van der Waals surface area (Å²) < 4.78 is 0.736. The summed E-state index contributed by atoms with van der Waals surface area (Å²) in [6.07, 6.45) is 3.55. The third-order valence-corrected chi connectivity index (χ3v) is 3.44. The number of nitrogens with one attached hydrogen (secondary N) is 1. The van der Waals surface area contributed by atoms with Gasteiger partial charge in [-0.2, -0.15) is 0 Å². The minimum absolute atomic E-state index is 0.170. The van der Waals surface area contributed by atoms with Crippen molar-refractivity contribution in [2.45, 2.75) is 39.7 Å². The lowest BCUT2D eigenvalue weighted by Crippen LogP contribution is -2.15. The summed E-state index contributed by atoms with van der Waals surface area (Å²) in [6.45, 7) is 5.89. The van der Waals surface area contributed by atoms with Gasteiger partial charge in [-0.25, -0.2) is 0 Å². The van der Waals surface area contributed by atoms with Gasteiger partial charge >= 0.3 is 0 Å². The van der Waals surface area contributed by atoms with Gasteiger partial charge in [0.25, 0.3) is 5.69 Å². The third-order valence-electron chi connectivity index (χ3n) is 2.94. The van der Waals surface area contributed by atoms with Gasteiger partial charge in [-0.15, -0.1) is 0 Å². The number of nitro groups is 1. The Morgan fingerprint density at radius 3 is 2.74 bits per heavy atom. The normalized spacial score (nSPS) is 10.9. The van der Waals surface area contributed by atoms with Crippen LogP contribution in [0.2, 0.25) is 0 Å². The monoisotopic (exact) mass is 328 g/mol. The van der Waals surface area contributed by atoms with Crippen LogP contribution >= 0.6 is 15.9 Å². The molecule has 0 unspecified atom stereocenters. The molecule has 0 heterocycles. The molecule has 0 fully saturated rings. The average Bonchev–Trinajstić information content (AvgIpc) is 2.34. The van der Waals surface area contributed by atoms with Crippen LogP contribution < -0.4 is 5.32 Å². The molecule has 0 aromatic heterocycles. The Bertz CT molecular complexity index is 422. The number of halogens is 1. The van der Waals surface area contributed by atoms with Gasteiger partial charge in [0.2, 0.25) is 0 Å². The fourth-order valence-corrected chi connectivity index (χ4v) is 2.23. The highest BCUT2D eigenvalue weighted by molar-refractivity contribution is 9.10. The lowest BCUT2D eigenvalue weighted by molar-refractivity contribution is -0.385. The molecule has 0 amide bonds. The van der Waals surface area contributed by atoms with Crippen molar-refractivity contribution in [1.82, 2.24) is 5.32 Å². The first-order chi connectivity index (χ1) is 9.00. The smallest absolute Gasteiger partial charge is 0.275 e. The number of hydrogen-bond acceptors (Lipinski definition) is 3. The summed E-state index contributed by atoms with van der Waals surface area (Å²) in [6, 6.07) is 5.18. The summed E-state index contributed by atoms with van der Waals surface area (Å²) in [4.78, 5) is 10.6. The largest absolute Gasteiger partial charge is 0.312 e. The summed E-state index contributed by atoms with van der Waals surface area (Å²) in [7, 11) is 0. The first-order valence-electron chi connectivity index (χ1n) is 6.64. The number of hydrogen-bond donors (Lipinski definition) is 1. The van der Waals surface area contributed by atoms with Crippen LogP contribution in [0.15, 0.2) is 22.7 Å². The molecule has 4 nitrogen and oxygen atoms in total. The Kier molecular flexibility index (Phi) is 7.02. The Labute approximate surface area is 122 Å². The van der Waals surface area contributed by atoms with E-state index >= 15 is 0 Å². The van der Waals surface area contributed by atoms with E-state index in [1.165, 1.54) is 12.8 Å². The Morgan fingerprint density at radius 1 is 1.37 bits per heavy atom. The average molecular weight is 329 g/mol. The third kappa shape index (κ3) is 6.16. The fourth-order valence-electron chi connectivity index (χ4n) is 1.88. The molecule has 0 aliphatic rings. The molecule has 1 N–H and O–H groups in total. The quantitative estimate of drug-likeness (QED) is 0.440. The molecule has 0 aliphatic heterocycles. The number of benzene rings is 1. The molecule has 0 bridgehead atoms. The standard InChI is InChI=1S/C14H21BrN2O2/c1-11(2)5-3-4-8-16-10-12-6-7-13(15)9-14(12)17(18)19/h6-7,9,11,16H,3-5,8,10H2,1-2H3. The predicted molar refractivity (Wildman–Crippen MR) is 81.2 cm³/mol. The topological polar surface area (TPSA) is 55.2 Å². The molecule has 106 valence electrons. The number of nitrogens with zero attached hydrogens (tertiary/aromatic N) is 1. The molecule has 1 rings (SSSR count). The Balaban J connectivity index is 2.39. The van der Waals surface area contributed by atoms with Crippen LogP contribution in [0, 0.1) is 16.0 Å². The van der Waals surface area contributed by atoms with Crippen LogP contribution in [0.4, 0.5) is 5.69 Å². The van der Waals surface area contributed by atoms with Gasteiger partial charge in [-0.1, -0.05) is 42.6 Å². The van der Waals surface area contributed by atoms with Crippen LogP contribution in [0.5, 0.6) is 0 Å². The molecule has 19 heavy (non-hydrogen) atoms. The molecule has 0 aliphatic carbocycles. The zero-order valence-electron chi connectivity index (χ0n) is 11.5. The van der Waals surface area contributed by atoms with Crippen molar-refractivity contribution in [3.05, 3.63) is 38.3 Å². The maximum absolute atomic E-state index is 10.9. The van der Waals surface area contributed by atoms with E-state index in [0.717, 1.165) is 28.9 Å². The van der Waals surface area contributed by atoms with E-state index < -0.39 is 0 Å². The first kappa shape index (κ1) is 16.1. The molecule has 0 atom stereocenters. The van der Waals surface area contributed by atoms with E-state index in [0.29, 0.717) is 6.54 Å². The van der Waals surface area contributed by atoms with Gasteiger partial charge in [0.05, 0.1) is 4.92 Å². The number of rotatable bonds is 8. The summed E-state index contributed by atoms with van der Waals surface area (Å²) >= 11 is 3.26. The van der Waals surface area contributed by atoms with E-state index in [1.54, 1.807) is 12.1 Å². The molecular weight excluding hydrogens is 308 g/mol. The summed E-state index contributed by atoms with van der Waals surface area (Å²) in [5.41, 5.74) is 0.904. The van der Waals surface area contributed by atoms with Crippen molar-refractivity contribution in [3.63, 3.8) is 0 Å². The Hall–Kier alpha value is -0.940. The van der Waals surface area contributed by atoms with Crippen molar-refractivity contribution in [3.8, 4) is 0 Å². The maximum atomic E-state index is 10.9. The van der Waals surface area contributed by atoms with Gasteiger partial charge in [-0.05, 0) is 31.0 Å². The van der Waals surface area contributed by atoms with Crippen molar-refractivity contribution in [1.29, 1.82) is 0 Å². The van der Waals surface area contributed by atoms with Gasteiger partial charge in [0.1, 0.15) is 0 Å². The van der Waals surface area contributed by atoms with Crippen LogP contribution in [-0.2, 0) is 6.54 Å². The van der Waals surface area contributed by atoms with E-state index in [9.17, 15) is 10.1 Å². The highest BCUT2D eigenvalue weighted by Crippen LogP contribution is 2.23. The maximum Gasteiger partial charge on any atom is 0.275 e. The molecule has 1 aromatic rings. The number of unbranched alkanes of at least 4 members (excludes halogenated alkanes) is 1. The molecule has 0 saturated heterocycles. The molecule has 0 saturated carbocycles. The van der Waals surface area contributed by atoms with Gasteiger partial charge < -0.3 is 5.32 Å². The molecular formula is C14H21BrN2O2. The lowest BCUT2D eigenvalue weighted by Gasteiger charge is -2.07. The highest BCUT2D eigenvalue weighted by atomic mass is 79.9. The highest BCUT2D eigenvalue weighted by Gasteiger charge is 2.13. The van der Waals surface area contributed by atoms with Crippen LogP contribution in [0.3, 0.4) is 0 Å². The second-order valence-electron chi connectivity index (χ2n) is 5.10. The van der Waals surface area contributed by atoms with Crippen molar-refractivity contribution in [2.75, 3.05) is 6.54 Å². The first-order valence-corrected chi connectivity index (χ1v) is 7.43. The SMILES string of the molecule is CC(C)CCCCNCc1ccc(Br)cc1[N+](=O)[O-]. The predicted octanol–water partition coefficient (Wildman–Crippen LogP) is 4.27. The van der Waals surface area contributed by atoms with Crippen LogP contribution in [0.25, 0.3) is 0 Å². The van der Waals surface area contributed by atoms with Crippen LogP contribution in [0.1, 0.15) is 38.7 Å². The van der Waals surface area contributed by atoms with Crippen molar-refractivity contribution >= 4 is 21.6 Å². The molecule has 1 aromatic carbocycles. The Morgan fingerprint density at radius 2 is 2.11 bits per heavy atom. The zero-order chi connectivity index (χ0) is 14.3. The van der Waals surface area contributed by atoms with E-state index in [1.807, 2.05) is 6.07 Å². The van der Waals surface area contributed by atoms with E-state index in [2.05, 4.69) is 35.1 Å². The summed E-state index contributed by atoms with van der Waals surface area (Å²) in [5, 5.41) is 14.2. The van der Waals surface area contributed by atoms with Crippen molar-refractivity contribution < 1.29 is 4.92 Å². The van der Waals surface area contributed by atoms with E-state index in [4.69, 9.17) is 0 Å². The van der Waals surface area contributed by atoms with Gasteiger partial charge in [0, 0.05) is 22.6 Å².